The molecule has 1 aromatic heterocycles. The summed E-state index contributed by atoms with van der Waals surface area (Å²) in [5.74, 6) is -0.670. The highest BCUT2D eigenvalue weighted by Gasteiger charge is 2.35. The minimum Gasteiger partial charge on any atom is -0.494 e. The molecule has 0 spiro atoms. The van der Waals surface area contributed by atoms with E-state index in [9.17, 15) is 19.7 Å². The number of amides is 1. The lowest BCUT2D eigenvalue weighted by Crippen LogP contribution is -2.34. The Balaban J connectivity index is 1.88. The number of nitro benzene ring substituents is 1. The number of hydrogen-bond acceptors (Lipinski definition) is 8. The van der Waals surface area contributed by atoms with Crippen LogP contribution in [0.1, 0.15) is 12.7 Å². The highest BCUT2D eigenvalue weighted by molar-refractivity contribution is 8.14. The Labute approximate surface area is 174 Å². The standard InChI is InChI=1S/C18H16N2O7S2/c1-2-26-10-3-5-12(13(7-10)20(24)25)14-6-4-11(27-14)8-15-17(23)19(9-16(21)22)18(28)29-15/h3-8,18,28H,2,9H2,1H3,(H,21,22)/b15-8-. The highest BCUT2D eigenvalue weighted by atomic mass is 32.2. The molecule has 29 heavy (non-hydrogen) atoms. The summed E-state index contributed by atoms with van der Waals surface area (Å²) in [4.78, 5) is 35.5. The van der Waals surface area contributed by atoms with Crippen molar-refractivity contribution in [3.63, 3.8) is 0 Å². The van der Waals surface area contributed by atoms with Gasteiger partial charge in [0.15, 0.2) is 0 Å². The van der Waals surface area contributed by atoms with Gasteiger partial charge in [0.25, 0.3) is 11.6 Å². The maximum Gasteiger partial charge on any atom is 0.323 e. The Morgan fingerprint density at radius 2 is 2.21 bits per heavy atom. The van der Waals surface area contributed by atoms with Crippen molar-refractivity contribution < 1.29 is 28.8 Å². The van der Waals surface area contributed by atoms with E-state index in [0.717, 1.165) is 16.7 Å². The summed E-state index contributed by atoms with van der Waals surface area (Å²) in [6.07, 6.45) is 1.46. The SMILES string of the molecule is CCOc1ccc(-c2ccc(/C=C3\SC(S)N(CC(=O)O)C3=O)o2)c([N+](=O)[O-])c1. The number of furan rings is 1. The third kappa shape index (κ3) is 4.57. The molecule has 1 unspecified atom stereocenters. The quantitative estimate of drug-likeness (QED) is 0.293. The lowest BCUT2D eigenvalue weighted by molar-refractivity contribution is -0.384. The van der Waals surface area contributed by atoms with Crippen molar-refractivity contribution in [3.8, 4) is 17.1 Å². The molecular weight excluding hydrogens is 420 g/mol. The van der Waals surface area contributed by atoms with Gasteiger partial charge in [-0.1, -0.05) is 11.8 Å². The Morgan fingerprint density at radius 1 is 1.45 bits per heavy atom. The van der Waals surface area contributed by atoms with Crippen LogP contribution in [0.4, 0.5) is 5.69 Å². The second kappa shape index (κ2) is 8.62. The summed E-state index contributed by atoms with van der Waals surface area (Å²) in [5, 5.41) is 20.3. The fourth-order valence-corrected chi connectivity index (χ4v) is 4.15. The van der Waals surface area contributed by atoms with Gasteiger partial charge in [0.05, 0.1) is 28.1 Å². The monoisotopic (exact) mass is 436 g/mol. The first-order valence-corrected chi connectivity index (χ1v) is 9.80. The molecule has 2 heterocycles. The lowest BCUT2D eigenvalue weighted by Gasteiger charge is -2.15. The van der Waals surface area contributed by atoms with Crippen LogP contribution in [0, 0.1) is 10.1 Å². The largest absolute Gasteiger partial charge is 0.494 e. The van der Waals surface area contributed by atoms with Crippen LogP contribution in [0.5, 0.6) is 5.75 Å². The summed E-state index contributed by atoms with van der Waals surface area (Å²) < 4.78 is 10.4. The summed E-state index contributed by atoms with van der Waals surface area (Å²) in [7, 11) is 0. The minimum atomic E-state index is -1.14. The van der Waals surface area contributed by atoms with E-state index in [4.69, 9.17) is 14.3 Å². The van der Waals surface area contributed by atoms with E-state index in [1.807, 2.05) is 0 Å². The molecule has 1 aromatic carbocycles. The minimum absolute atomic E-state index is 0.168. The third-order valence-electron chi connectivity index (χ3n) is 3.92. The number of aliphatic carboxylic acids is 1. The molecule has 11 heteroatoms. The van der Waals surface area contributed by atoms with Gasteiger partial charge in [-0.05, 0) is 31.2 Å². The maximum atomic E-state index is 12.4. The van der Waals surface area contributed by atoms with Crippen molar-refractivity contribution in [1.29, 1.82) is 0 Å². The molecule has 1 atom stereocenters. The van der Waals surface area contributed by atoms with Crippen molar-refractivity contribution in [2.45, 2.75) is 11.6 Å². The van der Waals surface area contributed by atoms with Crippen LogP contribution in [0.2, 0.25) is 0 Å². The van der Waals surface area contributed by atoms with E-state index < -0.39 is 28.1 Å². The van der Waals surface area contributed by atoms with Crippen molar-refractivity contribution >= 4 is 48.0 Å². The van der Waals surface area contributed by atoms with Crippen molar-refractivity contribution in [3.05, 3.63) is 51.1 Å². The van der Waals surface area contributed by atoms with Gasteiger partial charge in [0, 0.05) is 6.08 Å². The van der Waals surface area contributed by atoms with Crippen molar-refractivity contribution in [2.75, 3.05) is 13.2 Å². The van der Waals surface area contributed by atoms with Crippen LogP contribution >= 0.6 is 24.4 Å². The van der Waals surface area contributed by atoms with Crippen molar-refractivity contribution in [1.82, 2.24) is 4.90 Å². The van der Waals surface area contributed by atoms with Crippen molar-refractivity contribution in [2.24, 2.45) is 0 Å². The average molecular weight is 436 g/mol. The smallest absolute Gasteiger partial charge is 0.323 e. The molecule has 1 fully saturated rings. The van der Waals surface area contributed by atoms with Crippen LogP contribution < -0.4 is 4.74 Å². The van der Waals surface area contributed by atoms with Gasteiger partial charge in [0.1, 0.15) is 28.5 Å². The number of nitrogens with zero attached hydrogens (tertiary/aromatic N) is 2. The fraction of sp³-hybridized carbons (Fsp3) is 0.222. The van der Waals surface area contributed by atoms with Crippen LogP contribution in [-0.2, 0) is 9.59 Å². The van der Waals surface area contributed by atoms with Gasteiger partial charge in [-0.2, -0.15) is 0 Å². The zero-order valence-corrected chi connectivity index (χ0v) is 16.8. The first-order valence-electron chi connectivity index (χ1n) is 8.40. The average Bonchev–Trinajstić information content (AvgIpc) is 3.22. The summed E-state index contributed by atoms with van der Waals surface area (Å²) >= 11 is 5.31. The molecule has 1 N–H and O–H groups in total. The zero-order chi connectivity index (χ0) is 21.1. The molecule has 1 aliphatic rings. The number of ether oxygens (including phenoxy) is 1. The Morgan fingerprint density at radius 3 is 2.86 bits per heavy atom. The molecule has 0 radical (unpaired) electrons. The predicted octanol–water partition coefficient (Wildman–Crippen LogP) is 3.47. The molecule has 0 saturated carbocycles. The first kappa shape index (κ1) is 20.8. The molecule has 152 valence electrons. The fourth-order valence-electron chi connectivity index (χ4n) is 2.69. The number of thioether (sulfide) groups is 1. The number of thiol groups is 1. The third-order valence-corrected chi connectivity index (χ3v) is 5.53. The summed E-state index contributed by atoms with van der Waals surface area (Å²) in [6.45, 7) is 1.70. The molecule has 1 saturated heterocycles. The van der Waals surface area contributed by atoms with Crippen LogP contribution in [0.25, 0.3) is 17.4 Å². The molecule has 9 nitrogen and oxygen atoms in total. The van der Waals surface area contributed by atoms with Gasteiger partial charge >= 0.3 is 5.97 Å². The number of carbonyl (C=O) groups excluding carboxylic acids is 1. The van der Waals surface area contributed by atoms with Gasteiger partial charge in [-0.25, -0.2) is 0 Å². The Kier molecular flexibility index (Phi) is 6.18. The second-order valence-electron chi connectivity index (χ2n) is 5.85. The van der Waals surface area contributed by atoms with Gasteiger partial charge in [0.2, 0.25) is 0 Å². The first-order chi connectivity index (χ1) is 13.8. The Hall–Kier alpha value is -2.92. The number of benzene rings is 1. The lowest BCUT2D eigenvalue weighted by atomic mass is 10.1. The van der Waals surface area contributed by atoms with Crippen LogP contribution in [0.3, 0.4) is 0 Å². The number of carboxylic acid groups (broad SMARTS) is 1. The van der Waals surface area contributed by atoms with Gasteiger partial charge < -0.3 is 19.2 Å². The molecule has 0 aliphatic carbocycles. The summed E-state index contributed by atoms with van der Waals surface area (Å²) in [6, 6.07) is 7.60. The molecule has 1 amide bonds. The van der Waals surface area contributed by atoms with Gasteiger partial charge in [-0.15, -0.1) is 12.6 Å². The highest BCUT2D eigenvalue weighted by Crippen LogP contribution is 2.39. The van der Waals surface area contributed by atoms with E-state index in [-0.39, 0.29) is 21.9 Å². The molecule has 2 aromatic rings. The number of nitro groups is 1. The number of hydrogen-bond donors (Lipinski definition) is 2. The number of rotatable bonds is 7. The van der Waals surface area contributed by atoms with Gasteiger partial charge in [-0.3, -0.25) is 19.7 Å². The van der Waals surface area contributed by atoms with E-state index in [1.54, 1.807) is 25.1 Å². The van der Waals surface area contributed by atoms with Crippen LogP contribution in [-0.4, -0.2) is 44.7 Å². The number of carbonyl (C=O) groups is 2. The van der Waals surface area contributed by atoms with E-state index in [2.05, 4.69) is 12.6 Å². The normalized spacial score (nSPS) is 17.7. The number of carboxylic acids is 1. The van der Waals surface area contributed by atoms with E-state index >= 15 is 0 Å². The topological polar surface area (TPSA) is 123 Å². The molecule has 0 bridgehead atoms. The molecule has 1 aliphatic heterocycles. The Bertz CT molecular complexity index is 1000. The van der Waals surface area contributed by atoms with E-state index in [1.165, 1.54) is 18.2 Å². The summed E-state index contributed by atoms with van der Waals surface area (Å²) in [5.41, 5.74) is 0.104. The van der Waals surface area contributed by atoms with Crippen LogP contribution in [0.15, 0.2) is 39.7 Å². The molecule has 3 rings (SSSR count). The maximum absolute atomic E-state index is 12.4. The van der Waals surface area contributed by atoms with E-state index in [0.29, 0.717) is 18.1 Å². The zero-order valence-electron chi connectivity index (χ0n) is 15.1. The molecular formula is C18H16N2O7S2. The predicted molar refractivity (Wildman–Crippen MR) is 110 cm³/mol. The second-order valence-corrected chi connectivity index (χ2v) is 7.81.